The number of hydrogen-bond donors (Lipinski definition) is 2. The first-order valence-electron chi connectivity index (χ1n) is 3.47. The van der Waals surface area contributed by atoms with Crippen LogP contribution in [0.5, 0.6) is 0 Å². The topological polar surface area (TPSA) is 40.5 Å². The van der Waals surface area contributed by atoms with Crippen molar-refractivity contribution in [3.63, 3.8) is 0 Å². The zero-order valence-corrected chi connectivity index (χ0v) is 7.30. The molecule has 0 spiro atoms. The maximum Gasteiger partial charge on any atom is 0.178 e. The van der Waals surface area contributed by atoms with E-state index in [1.807, 2.05) is 0 Å². The van der Waals surface area contributed by atoms with E-state index in [-0.39, 0.29) is 5.57 Å². The maximum atomic E-state index is 8.75. The van der Waals surface area contributed by atoms with Gasteiger partial charge in [0.2, 0.25) is 0 Å². The van der Waals surface area contributed by atoms with Gasteiger partial charge in [-0.25, -0.2) is 0 Å². The van der Waals surface area contributed by atoms with Crippen LogP contribution in [0, 0.1) is 0 Å². The Hall–Kier alpha value is -1.12. The molecule has 12 heavy (non-hydrogen) atoms. The van der Waals surface area contributed by atoms with Crippen molar-refractivity contribution in [1.29, 1.82) is 0 Å². The largest absolute Gasteiger partial charge is 0.364 e. The van der Waals surface area contributed by atoms with Crippen LogP contribution < -0.4 is 0 Å². The third-order valence-corrected chi connectivity index (χ3v) is 1.58. The quantitative estimate of drug-likeness (QED) is 0.491. The van der Waals surface area contributed by atoms with E-state index in [1.54, 1.807) is 6.92 Å². The fourth-order valence-corrected chi connectivity index (χ4v) is 0.607. The third-order valence-electron chi connectivity index (χ3n) is 1.58. The Bertz CT molecular complexity index is 247. The molecule has 2 nitrogen and oxygen atoms in total. The van der Waals surface area contributed by atoms with Crippen LogP contribution in [-0.4, -0.2) is 16.5 Å². The Balaban J connectivity index is 4.52. The summed E-state index contributed by atoms with van der Waals surface area (Å²) in [5.41, 5.74) is 1.91. The number of hydrogen-bond acceptors (Lipinski definition) is 2. The average Bonchev–Trinajstić information content (AvgIpc) is 2.00. The zero-order chi connectivity index (χ0) is 9.89. The predicted molar refractivity (Wildman–Crippen MR) is 50.5 cm³/mol. The Labute approximate surface area is 72.9 Å². The lowest BCUT2D eigenvalue weighted by Crippen LogP contribution is -2.10. The summed E-state index contributed by atoms with van der Waals surface area (Å²) in [7, 11) is 0. The molecule has 0 atom stereocenters. The molecule has 66 valence electrons. The van der Waals surface area contributed by atoms with Crippen molar-refractivity contribution in [2.45, 2.75) is 13.2 Å². The highest BCUT2D eigenvalue weighted by Gasteiger charge is 2.10. The molecule has 0 bridgehead atoms. The number of aliphatic hydroxyl groups is 2. The molecule has 0 saturated carbocycles. The van der Waals surface area contributed by atoms with Gasteiger partial charge in [-0.15, -0.1) is 0 Å². The van der Waals surface area contributed by atoms with Crippen LogP contribution in [0.1, 0.15) is 6.92 Å². The van der Waals surface area contributed by atoms with Gasteiger partial charge in [-0.05, 0) is 18.1 Å². The fraction of sp³-hybridized carbons (Fsp3) is 0.200. The van der Waals surface area contributed by atoms with Gasteiger partial charge < -0.3 is 10.2 Å². The molecule has 0 saturated heterocycles. The Morgan fingerprint density at radius 3 is 1.67 bits per heavy atom. The van der Waals surface area contributed by atoms with Gasteiger partial charge in [0, 0.05) is 5.57 Å². The first-order valence-corrected chi connectivity index (χ1v) is 3.47. The lowest BCUT2D eigenvalue weighted by Gasteiger charge is -2.13. The van der Waals surface area contributed by atoms with Gasteiger partial charge in [0.1, 0.15) is 0 Å². The van der Waals surface area contributed by atoms with Gasteiger partial charge >= 0.3 is 0 Å². The van der Waals surface area contributed by atoms with E-state index in [0.717, 1.165) is 5.57 Å². The first-order chi connectivity index (χ1) is 5.37. The fourth-order valence-electron chi connectivity index (χ4n) is 0.607. The molecular formula is C10H14O2. The summed E-state index contributed by atoms with van der Waals surface area (Å²) in [6.45, 7) is 16.2. The summed E-state index contributed by atoms with van der Waals surface area (Å²) in [4.78, 5) is 0. The SMILES string of the molecule is C=C(C)C(=C)C(=C)C(=C)C(O)O. The minimum Gasteiger partial charge on any atom is -0.364 e. The van der Waals surface area contributed by atoms with Crippen LogP contribution >= 0.6 is 0 Å². The molecule has 2 N–H and O–H groups in total. The van der Waals surface area contributed by atoms with Gasteiger partial charge in [0.25, 0.3) is 0 Å². The van der Waals surface area contributed by atoms with Crippen molar-refractivity contribution in [2.24, 2.45) is 0 Å². The summed E-state index contributed by atoms with van der Waals surface area (Å²) in [5.74, 6) is 0. The van der Waals surface area contributed by atoms with Crippen molar-refractivity contribution < 1.29 is 10.2 Å². The molecule has 2 heteroatoms. The van der Waals surface area contributed by atoms with Gasteiger partial charge in [-0.2, -0.15) is 0 Å². The van der Waals surface area contributed by atoms with E-state index >= 15 is 0 Å². The molecule has 0 unspecified atom stereocenters. The van der Waals surface area contributed by atoms with Crippen molar-refractivity contribution in [3.05, 3.63) is 48.6 Å². The van der Waals surface area contributed by atoms with Crippen LogP contribution in [0.2, 0.25) is 0 Å². The lowest BCUT2D eigenvalue weighted by atomic mass is 9.97. The summed E-state index contributed by atoms with van der Waals surface area (Å²) < 4.78 is 0. The number of aliphatic hydroxyl groups excluding tert-OH is 1. The molecule has 0 amide bonds. The van der Waals surface area contributed by atoms with Gasteiger partial charge in [-0.1, -0.05) is 31.9 Å². The zero-order valence-electron chi connectivity index (χ0n) is 7.30. The third kappa shape index (κ3) is 2.49. The van der Waals surface area contributed by atoms with Crippen molar-refractivity contribution in [1.82, 2.24) is 0 Å². The van der Waals surface area contributed by atoms with Gasteiger partial charge in [0.05, 0.1) is 0 Å². The molecule has 0 aliphatic heterocycles. The molecule has 0 heterocycles. The molecule has 0 rings (SSSR count). The summed E-state index contributed by atoms with van der Waals surface area (Å²) in [5, 5.41) is 17.5. The smallest absolute Gasteiger partial charge is 0.178 e. The number of allylic oxidation sites excluding steroid dienone is 2. The Morgan fingerprint density at radius 1 is 1.00 bits per heavy atom. The summed E-state index contributed by atoms with van der Waals surface area (Å²) in [6.07, 6.45) is -1.58. The highest BCUT2D eigenvalue weighted by Crippen LogP contribution is 2.21. The summed E-state index contributed by atoms with van der Waals surface area (Å²) in [6, 6.07) is 0. The minimum atomic E-state index is -1.58. The van der Waals surface area contributed by atoms with Crippen LogP contribution in [-0.2, 0) is 0 Å². The Kier molecular flexibility index (Phi) is 3.67. The second-order valence-corrected chi connectivity index (χ2v) is 2.64. The highest BCUT2D eigenvalue weighted by atomic mass is 16.5. The van der Waals surface area contributed by atoms with Gasteiger partial charge in [0.15, 0.2) is 6.29 Å². The molecule has 0 aliphatic carbocycles. The van der Waals surface area contributed by atoms with Crippen LogP contribution in [0.25, 0.3) is 0 Å². The second-order valence-electron chi connectivity index (χ2n) is 2.64. The molecule has 0 fully saturated rings. The molecule has 0 aliphatic rings. The number of rotatable bonds is 4. The Morgan fingerprint density at radius 2 is 1.42 bits per heavy atom. The van der Waals surface area contributed by atoms with Crippen LogP contribution in [0.4, 0.5) is 0 Å². The van der Waals surface area contributed by atoms with Crippen molar-refractivity contribution in [3.8, 4) is 0 Å². The monoisotopic (exact) mass is 166 g/mol. The van der Waals surface area contributed by atoms with E-state index in [0.29, 0.717) is 11.1 Å². The molecule has 0 radical (unpaired) electrons. The average molecular weight is 166 g/mol. The maximum absolute atomic E-state index is 8.75. The van der Waals surface area contributed by atoms with Crippen LogP contribution in [0.15, 0.2) is 48.6 Å². The van der Waals surface area contributed by atoms with E-state index in [4.69, 9.17) is 10.2 Å². The minimum absolute atomic E-state index is 0.156. The highest BCUT2D eigenvalue weighted by molar-refractivity contribution is 5.51. The summed E-state index contributed by atoms with van der Waals surface area (Å²) >= 11 is 0. The molecule has 0 aromatic heterocycles. The molecule has 0 aromatic rings. The van der Waals surface area contributed by atoms with Gasteiger partial charge in [-0.3, -0.25) is 0 Å². The predicted octanol–water partition coefficient (Wildman–Crippen LogP) is 1.54. The van der Waals surface area contributed by atoms with E-state index in [1.165, 1.54) is 0 Å². The second kappa shape index (κ2) is 4.04. The standard InChI is InChI=1S/C10H14O2/c1-6(2)7(3)8(4)9(5)10(11)12/h10-12H,1,3-5H2,2H3. The van der Waals surface area contributed by atoms with E-state index in [2.05, 4.69) is 26.3 Å². The first kappa shape index (κ1) is 10.9. The van der Waals surface area contributed by atoms with E-state index < -0.39 is 6.29 Å². The van der Waals surface area contributed by atoms with Crippen LogP contribution in [0.3, 0.4) is 0 Å². The lowest BCUT2D eigenvalue weighted by molar-refractivity contribution is -0.00527. The van der Waals surface area contributed by atoms with Crippen molar-refractivity contribution >= 4 is 0 Å². The normalized spacial score (nSPS) is 9.67. The molecule has 0 aromatic carbocycles. The van der Waals surface area contributed by atoms with E-state index in [9.17, 15) is 0 Å². The molecular weight excluding hydrogens is 152 g/mol. The van der Waals surface area contributed by atoms with Crippen molar-refractivity contribution in [2.75, 3.05) is 0 Å².